The first-order chi connectivity index (χ1) is 17.0. The summed E-state index contributed by atoms with van der Waals surface area (Å²) in [6, 6.07) is 26.9. The van der Waals surface area contributed by atoms with Gasteiger partial charge in [0, 0.05) is 22.6 Å². The average Bonchev–Trinajstić information content (AvgIpc) is 3.37. The summed E-state index contributed by atoms with van der Waals surface area (Å²) in [7, 11) is 0. The van der Waals surface area contributed by atoms with Crippen LogP contribution in [0.25, 0.3) is 11.1 Å². The van der Waals surface area contributed by atoms with Gasteiger partial charge < -0.3 is 9.47 Å². The Morgan fingerprint density at radius 3 is 2.09 bits per heavy atom. The summed E-state index contributed by atoms with van der Waals surface area (Å²) in [5, 5.41) is 0. The summed E-state index contributed by atoms with van der Waals surface area (Å²) in [6.07, 6.45) is 2.16. The molecule has 4 nitrogen and oxygen atoms in total. The molecule has 0 amide bonds. The highest BCUT2D eigenvalue weighted by molar-refractivity contribution is 14.1. The van der Waals surface area contributed by atoms with Crippen molar-refractivity contribution in [3.8, 4) is 5.75 Å². The van der Waals surface area contributed by atoms with E-state index < -0.39 is 6.10 Å². The van der Waals surface area contributed by atoms with Gasteiger partial charge in [0.25, 0.3) is 0 Å². The van der Waals surface area contributed by atoms with Gasteiger partial charge >= 0.3 is 5.97 Å². The van der Waals surface area contributed by atoms with Gasteiger partial charge in [-0.2, -0.15) is 0 Å². The molecular formula is C30H32INO3. The highest BCUT2D eigenvalue weighted by atomic mass is 127. The summed E-state index contributed by atoms with van der Waals surface area (Å²) < 4.78 is 12.9. The van der Waals surface area contributed by atoms with Crippen molar-refractivity contribution in [1.29, 1.82) is 0 Å². The zero-order valence-electron chi connectivity index (χ0n) is 20.4. The zero-order valence-corrected chi connectivity index (χ0v) is 22.5. The Kier molecular flexibility index (Phi) is 8.99. The minimum atomic E-state index is -0.416. The molecule has 0 aliphatic carbocycles. The van der Waals surface area contributed by atoms with Crippen LogP contribution in [-0.4, -0.2) is 43.2 Å². The number of hydrogen-bond acceptors (Lipinski definition) is 4. The highest BCUT2D eigenvalue weighted by Gasteiger charge is 2.21. The maximum Gasteiger partial charge on any atom is 0.303 e. The van der Waals surface area contributed by atoms with Gasteiger partial charge in [-0.1, -0.05) is 54.6 Å². The SMILES string of the molecule is CC(=O)OC(C)/C(=C(\c1ccc(I)cc1)c1ccc(OCCN2CCCC2)cc1)c1ccccc1. The van der Waals surface area contributed by atoms with Crippen LogP contribution >= 0.6 is 22.6 Å². The van der Waals surface area contributed by atoms with Crippen LogP contribution in [0.15, 0.2) is 78.9 Å². The van der Waals surface area contributed by atoms with E-state index in [0.717, 1.165) is 40.1 Å². The fourth-order valence-electron chi connectivity index (χ4n) is 4.62. The topological polar surface area (TPSA) is 38.8 Å². The standard InChI is InChI=1S/C30H32INO3/c1-22(35-23(2)33)29(24-8-4-3-5-9-24)30(25-10-14-27(31)15-11-25)26-12-16-28(17-13-26)34-21-20-32-18-6-7-19-32/h3-5,8-17,22H,6-7,18-21H2,1-2H3/b30-29-. The van der Waals surface area contributed by atoms with E-state index >= 15 is 0 Å². The van der Waals surface area contributed by atoms with Crippen LogP contribution < -0.4 is 4.74 Å². The van der Waals surface area contributed by atoms with Gasteiger partial charge in [-0.15, -0.1) is 0 Å². The molecule has 0 saturated carbocycles. The number of hydrogen-bond donors (Lipinski definition) is 0. The first kappa shape index (κ1) is 25.5. The first-order valence-corrected chi connectivity index (χ1v) is 13.3. The van der Waals surface area contributed by atoms with Crippen molar-refractivity contribution in [2.45, 2.75) is 32.8 Å². The summed E-state index contributed by atoms with van der Waals surface area (Å²) in [4.78, 5) is 14.4. The van der Waals surface area contributed by atoms with Crippen molar-refractivity contribution >= 4 is 39.7 Å². The van der Waals surface area contributed by atoms with Crippen molar-refractivity contribution in [3.63, 3.8) is 0 Å². The molecule has 1 heterocycles. The van der Waals surface area contributed by atoms with E-state index in [2.05, 4.69) is 76.0 Å². The largest absolute Gasteiger partial charge is 0.492 e. The molecule has 1 aliphatic rings. The number of rotatable bonds is 9. The Hall–Kier alpha value is -2.64. The van der Waals surface area contributed by atoms with Crippen LogP contribution in [0.2, 0.25) is 0 Å². The number of carbonyl (C=O) groups is 1. The number of nitrogens with zero attached hydrogens (tertiary/aromatic N) is 1. The molecule has 5 heteroatoms. The molecule has 0 N–H and O–H groups in total. The van der Waals surface area contributed by atoms with E-state index in [-0.39, 0.29) is 5.97 Å². The molecule has 1 fully saturated rings. The van der Waals surface area contributed by atoms with Gasteiger partial charge in [0.05, 0.1) is 0 Å². The van der Waals surface area contributed by atoms with Crippen molar-refractivity contribution in [2.24, 2.45) is 0 Å². The molecule has 0 radical (unpaired) electrons. The Balaban J connectivity index is 1.71. The summed E-state index contributed by atoms with van der Waals surface area (Å²) in [5.74, 6) is 0.568. The Morgan fingerprint density at radius 2 is 1.49 bits per heavy atom. The van der Waals surface area contributed by atoms with Crippen LogP contribution in [-0.2, 0) is 9.53 Å². The van der Waals surface area contributed by atoms with Crippen LogP contribution in [0, 0.1) is 3.57 Å². The molecular weight excluding hydrogens is 549 g/mol. The lowest BCUT2D eigenvalue weighted by atomic mass is 9.87. The Labute approximate surface area is 222 Å². The van der Waals surface area contributed by atoms with E-state index in [1.54, 1.807) is 0 Å². The third-order valence-corrected chi connectivity index (χ3v) is 6.97. The predicted octanol–water partition coefficient (Wildman–Crippen LogP) is 6.68. The zero-order chi connectivity index (χ0) is 24.6. The maximum absolute atomic E-state index is 11.9. The minimum absolute atomic E-state index is 0.297. The van der Waals surface area contributed by atoms with Crippen molar-refractivity contribution in [3.05, 3.63) is 99.1 Å². The van der Waals surface area contributed by atoms with Gasteiger partial charge in [-0.3, -0.25) is 9.69 Å². The number of carbonyl (C=O) groups excluding carboxylic acids is 1. The molecule has 3 aromatic carbocycles. The highest BCUT2D eigenvalue weighted by Crippen LogP contribution is 2.36. The average molecular weight is 581 g/mol. The number of likely N-dealkylation sites (tertiary alicyclic amines) is 1. The Morgan fingerprint density at radius 1 is 0.886 bits per heavy atom. The second-order valence-electron chi connectivity index (χ2n) is 8.83. The minimum Gasteiger partial charge on any atom is -0.492 e. The fourth-order valence-corrected chi connectivity index (χ4v) is 4.98. The number of esters is 1. The van der Waals surface area contributed by atoms with E-state index in [1.807, 2.05) is 37.3 Å². The van der Waals surface area contributed by atoms with Crippen LogP contribution in [0.5, 0.6) is 5.75 Å². The molecule has 1 atom stereocenters. The molecule has 1 saturated heterocycles. The van der Waals surface area contributed by atoms with E-state index in [1.165, 1.54) is 36.4 Å². The van der Waals surface area contributed by atoms with Gasteiger partial charge in [-0.25, -0.2) is 0 Å². The summed E-state index contributed by atoms with van der Waals surface area (Å²) in [5.41, 5.74) is 5.18. The monoisotopic (exact) mass is 581 g/mol. The molecule has 35 heavy (non-hydrogen) atoms. The number of halogens is 1. The second-order valence-corrected chi connectivity index (χ2v) is 10.1. The lowest BCUT2D eigenvalue weighted by molar-refractivity contribution is -0.142. The second kappa shape index (κ2) is 12.4. The lowest BCUT2D eigenvalue weighted by Gasteiger charge is -2.23. The number of ether oxygens (including phenoxy) is 2. The molecule has 4 rings (SSSR count). The van der Waals surface area contributed by atoms with Crippen LogP contribution in [0.3, 0.4) is 0 Å². The molecule has 0 aromatic heterocycles. The molecule has 1 aliphatic heterocycles. The van der Waals surface area contributed by atoms with E-state index in [4.69, 9.17) is 9.47 Å². The van der Waals surface area contributed by atoms with Gasteiger partial charge in [0.1, 0.15) is 18.5 Å². The molecule has 0 spiro atoms. The third-order valence-electron chi connectivity index (χ3n) is 6.25. The quantitative estimate of drug-likeness (QED) is 0.161. The van der Waals surface area contributed by atoms with Crippen LogP contribution in [0.1, 0.15) is 43.4 Å². The van der Waals surface area contributed by atoms with E-state index in [9.17, 15) is 4.79 Å². The van der Waals surface area contributed by atoms with Crippen LogP contribution in [0.4, 0.5) is 0 Å². The van der Waals surface area contributed by atoms with Crippen molar-refractivity contribution < 1.29 is 14.3 Å². The molecule has 3 aromatic rings. The van der Waals surface area contributed by atoms with Crippen molar-refractivity contribution in [1.82, 2.24) is 4.90 Å². The predicted molar refractivity (Wildman–Crippen MR) is 150 cm³/mol. The normalized spacial score (nSPS) is 15.4. The maximum atomic E-state index is 11.9. The first-order valence-electron chi connectivity index (χ1n) is 12.2. The molecule has 0 bridgehead atoms. The van der Waals surface area contributed by atoms with E-state index in [0.29, 0.717) is 6.61 Å². The lowest BCUT2D eigenvalue weighted by Crippen LogP contribution is -2.25. The van der Waals surface area contributed by atoms with Gasteiger partial charge in [0.15, 0.2) is 0 Å². The summed E-state index contributed by atoms with van der Waals surface area (Å²) >= 11 is 2.32. The smallest absolute Gasteiger partial charge is 0.303 e. The third kappa shape index (κ3) is 6.95. The van der Waals surface area contributed by atoms with Crippen molar-refractivity contribution in [2.75, 3.05) is 26.2 Å². The van der Waals surface area contributed by atoms with Gasteiger partial charge in [0.2, 0.25) is 0 Å². The summed E-state index contributed by atoms with van der Waals surface area (Å²) in [6.45, 7) is 7.40. The number of benzene rings is 3. The molecule has 1 unspecified atom stereocenters. The molecule has 182 valence electrons. The van der Waals surface area contributed by atoms with Gasteiger partial charge in [-0.05, 0) is 102 Å². The fraction of sp³-hybridized carbons (Fsp3) is 0.300. The Bertz CT molecular complexity index is 1130.